The van der Waals surface area contributed by atoms with E-state index >= 15 is 0 Å². The highest BCUT2D eigenvalue weighted by Gasteiger charge is 2.10. The molecule has 1 aromatic carbocycles. The van der Waals surface area contributed by atoms with Gasteiger partial charge in [-0.1, -0.05) is 23.9 Å². The van der Waals surface area contributed by atoms with Crippen molar-refractivity contribution in [1.82, 2.24) is 15.0 Å². The Morgan fingerprint density at radius 2 is 2.04 bits per heavy atom. The number of carbonyl (C=O) groups is 1. The smallest absolute Gasteiger partial charge is 0.234 e. The van der Waals surface area contributed by atoms with Crippen LogP contribution in [0.1, 0.15) is 16.8 Å². The van der Waals surface area contributed by atoms with Gasteiger partial charge in [-0.15, -0.1) is 0 Å². The lowest BCUT2D eigenvalue weighted by atomic mass is 10.1. The van der Waals surface area contributed by atoms with Gasteiger partial charge in [0.1, 0.15) is 0 Å². The topological polar surface area (TPSA) is 70.7 Å². The summed E-state index contributed by atoms with van der Waals surface area (Å²) < 4.78 is 0.933. The van der Waals surface area contributed by atoms with Crippen LogP contribution in [0.5, 0.6) is 0 Å². The van der Waals surface area contributed by atoms with Crippen molar-refractivity contribution in [3.05, 3.63) is 45.6 Å². The molecule has 24 heavy (non-hydrogen) atoms. The number of fused-ring (bicyclic) bond motifs is 1. The van der Waals surface area contributed by atoms with Gasteiger partial charge in [-0.3, -0.25) is 4.79 Å². The number of carbonyl (C=O) groups excluding carboxylic acids is 1. The highest BCUT2D eigenvalue weighted by molar-refractivity contribution is 9.10. The first-order chi connectivity index (χ1) is 11.4. The van der Waals surface area contributed by atoms with Crippen molar-refractivity contribution in [2.75, 3.05) is 11.1 Å². The number of amides is 1. The number of rotatable bonds is 4. The van der Waals surface area contributed by atoms with Crippen LogP contribution in [-0.4, -0.2) is 26.6 Å². The molecule has 0 spiro atoms. The lowest BCUT2D eigenvalue weighted by Gasteiger charge is -2.08. The standard InChI is InChI=1S/C17H17BrN4OS/c1-9-4-5-10(2)13(6-9)20-15(23)8-24-17-21-14-7-12(18)11(3)19-16(14)22-17/h4-7H,8H2,1-3H3,(H,20,23)(H,19,21,22). The summed E-state index contributed by atoms with van der Waals surface area (Å²) in [5.74, 6) is 0.229. The minimum atomic E-state index is -0.0560. The fraction of sp³-hybridized carbons (Fsp3) is 0.235. The molecule has 0 aliphatic heterocycles. The number of thioether (sulfide) groups is 1. The van der Waals surface area contributed by atoms with Crippen LogP contribution in [0, 0.1) is 20.8 Å². The summed E-state index contributed by atoms with van der Waals surface area (Å²) in [5, 5.41) is 3.63. The van der Waals surface area contributed by atoms with Gasteiger partial charge >= 0.3 is 0 Å². The van der Waals surface area contributed by atoms with Gasteiger partial charge < -0.3 is 10.3 Å². The first-order valence-corrected chi connectivity index (χ1v) is 9.23. The van der Waals surface area contributed by atoms with Crippen LogP contribution in [-0.2, 0) is 4.79 Å². The molecule has 2 aromatic heterocycles. The summed E-state index contributed by atoms with van der Waals surface area (Å²) in [6.07, 6.45) is 0. The average molecular weight is 405 g/mol. The van der Waals surface area contributed by atoms with Gasteiger partial charge in [0.25, 0.3) is 0 Å². The van der Waals surface area contributed by atoms with E-state index in [1.165, 1.54) is 11.8 Å². The van der Waals surface area contributed by atoms with E-state index in [4.69, 9.17) is 0 Å². The Morgan fingerprint density at radius 1 is 1.25 bits per heavy atom. The molecule has 0 aliphatic rings. The number of H-pyrrole nitrogens is 1. The monoisotopic (exact) mass is 404 g/mol. The molecule has 2 heterocycles. The molecule has 0 radical (unpaired) electrons. The number of hydrogen-bond donors (Lipinski definition) is 2. The lowest BCUT2D eigenvalue weighted by Crippen LogP contribution is -2.15. The van der Waals surface area contributed by atoms with Crippen LogP contribution in [0.15, 0.2) is 33.9 Å². The lowest BCUT2D eigenvalue weighted by molar-refractivity contribution is -0.113. The normalized spacial score (nSPS) is 11.0. The van der Waals surface area contributed by atoms with Gasteiger partial charge in [-0.05, 0) is 60.0 Å². The van der Waals surface area contributed by atoms with Crippen molar-refractivity contribution in [2.45, 2.75) is 25.9 Å². The third-order valence-electron chi connectivity index (χ3n) is 3.59. The molecular weight excluding hydrogens is 388 g/mol. The maximum Gasteiger partial charge on any atom is 0.234 e. The molecule has 0 bridgehead atoms. The Bertz CT molecular complexity index is 883. The van der Waals surface area contributed by atoms with E-state index in [1.807, 2.05) is 45.0 Å². The van der Waals surface area contributed by atoms with Crippen LogP contribution in [0.4, 0.5) is 5.69 Å². The molecule has 7 heteroatoms. The predicted octanol–water partition coefficient (Wildman–Crippen LogP) is 4.38. The number of pyridine rings is 1. The van der Waals surface area contributed by atoms with Gasteiger partial charge in [0.05, 0.1) is 17.0 Å². The summed E-state index contributed by atoms with van der Waals surface area (Å²) >= 11 is 4.82. The van der Waals surface area contributed by atoms with Crippen molar-refractivity contribution in [3.8, 4) is 0 Å². The Kier molecular flexibility index (Phi) is 4.91. The van der Waals surface area contributed by atoms with E-state index in [0.717, 1.165) is 32.5 Å². The number of anilines is 1. The molecular formula is C17H17BrN4OS. The zero-order chi connectivity index (χ0) is 17.3. The number of imidazole rings is 1. The summed E-state index contributed by atoms with van der Waals surface area (Å²) in [4.78, 5) is 24.2. The van der Waals surface area contributed by atoms with E-state index in [1.54, 1.807) is 0 Å². The highest BCUT2D eigenvalue weighted by atomic mass is 79.9. The first kappa shape index (κ1) is 17.0. The zero-order valence-electron chi connectivity index (χ0n) is 13.6. The van der Waals surface area contributed by atoms with E-state index < -0.39 is 0 Å². The first-order valence-electron chi connectivity index (χ1n) is 7.45. The average Bonchev–Trinajstić information content (AvgIpc) is 2.91. The molecule has 5 nitrogen and oxygen atoms in total. The second-order valence-electron chi connectivity index (χ2n) is 5.62. The van der Waals surface area contributed by atoms with Crippen LogP contribution in [0.25, 0.3) is 11.2 Å². The summed E-state index contributed by atoms with van der Waals surface area (Å²) in [6, 6.07) is 7.96. The molecule has 3 aromatic rings. The van der Waals surface area contributed by atoms with Crippen molar-refractivity contribution < 1.29 is 4.79 Å². The molecule has 0 saturated heterocycles. The molecule has 0 fully saturated rings. The van der Waals surface area contributed by atoms with Crippen LogP contribution in [0.2, 0.25) is 0 Å². The maximum atomic E-state index is 12.2. The molecule has 2 N–H and O–H groups in total. The molecule has 124 valence electrons. The number of halogens is 1. The molecule has 0 atom stereocenters. The number of aryl methyl sites for hydroxylation is 3. The number of nitrogens with zero attached hydrogens (tertiary/aromatic N) is 2. The Balaban J connectivity index is 1.67. The fourth-order valence-corrected chi connectivity index (χ4v) is 3.23. The molecule has 0 unspecified atom stereocenters. The zero-order valence-corrected chi connectivity index (χ0v) is 16.0. The highest BCUT2D eigenvalue weighted by Crippen LogP contribution is 2.23. The third kappa shape index (κ3) is 3.79. The van der Waals surface area contributed by atoms with E-state index in [-0.39, 0.29) is 11.7 Å². The second-order valence-corrected chi connectivity index (χ2v) is 7.44. The Hall–Kier alpha value is -1.86. The molecule has 0 saturated carbocycles. The van der Waals surface area contributed by atoms with Crippen molar-refractivity contribution in [1.29, 1.82) is 0 Å². The number of aromatic nitrogens is 3. The number of hydrogen-bond acceptors (Lipinski definition) is 4. The van der Waals surface area contributed by atoms with Gasteiger partial charge in [-0.2, -0.15) is 0 Å². The third-order valence-corrected chi connectivity index (χ3v) is 5.26. The number of nitrogens with one attached hydrogen (secondary N) is 2. The van der Waals surface area contributed by atoms with Gasteiger partial charge in [0.2, 0.25) is 5.91 Å². The van der Waals surface area contributed by atoms with E-state index in [9.17, 15) is 4.79 Å². The summed E-state index contributed by atoms with van der Waals surface area (Å²) in [5.41, 5.74) is 5.42. The van der Waals surface area contributed by atoms with Gasteiger partial charge in [-0.25, -0.2) is 9.97 Å². The summed E-state index contributed by atoms with van der Waals surface area (Å²) in [6.45, 7) is 5.90. The maximum absolute atomic E-state index is 12.2. The van der Waals surface area contributed by atoms with Gasteiger partial charge in [0, 0.05) is 10.2 Å². The quantitative estimate of drug-likeness (QED) is 0.633. The van der Waals surface area contributed by atoms with E-state index in [0.29, 0.717) is 10.8 Å². The van der Waals surface area contributed by atoms with Crippen molar-refractivity contribution in [2.24, 2.45) is 0 Å². The van der Waals surface area contributed by atoms with E-state index in [2.05, 4.69) is 36.2 Å². The molecule has 3 rings (SSSR count). The van der Waals surface area contributed by atoms with Crippen LogP contribution >= 0.6 is 27.7 Å². The molecule has 0 aliphatic carbocycles. The Labute approximate surface area is 152 Å². The van der Waals surface area contributed by atoms with Gasteiger partial charge in [0.15, 0.2) is 10.8 Å². The Morgan fingerprint density at radius 3 is 2.83 bits per heavy atom. The van der Waals surface area contributed by atoms with Crippen LogP contribution < -0.4 is 5.32 Å². The van der Waals surface area contributed by atoms with Crippen molar-refractivity contribution >= 4 is 50.5 Å². The number of aromatic amines is 1. The number of benzene rings is 1. The van der Waals surface area contributed by atoms with Crippen LogP contribution in [0.3, 0.4) is 0 Å². The minimum absolute atomic E-state index is 0.0560. The minimum Gasteiger partial charge on any atom is -0.331 e. The largest absolute Gasteiger partial charge is 0.331 e. The summed E-state index contributed by atoms with van der Waals surface area (Å²) in [7, 11) is 0. The predicted molar refractivity (Wildman–Crippen MR) is 102 cm³/mol. The SMILES string of the molecule is Cc1ccc(C)c(NC(=O)CSc2nc3nc(C)c(Br)cc3[nH]2)c1. The fourth-order valence-electron chi connectivity index (χ4n) is 2.24. The second kappa shape index (κ2) is 6.94. The molecule has 1 amide bonds. The van der Waals surface area contributed by atoms with Crippen molar-refractivity contribution in [3.63, 3.8) is 0 Å².